The summed E-state index contributed by atoms with van der Waals surface area (Å²) in [5, 5.41) is 6.60. The standard InChI is InChI=1S/C17H26N4O3/c1-23-17-5-4-12(24-10-11-2-3-11)8-14(17)21(7-6-17)16(22)13-9-15(18)20-19-13/h9,11-12,14H,2-8,10H2,1H3,(H3,18,19,20)/t12?,14?,17-/m1/s1. The predicted octanol–water partition coefficient (Wildman–Crippen LogP) is 1.57. The third-order valence-electron chi connectivity index (χ3n) is 5.90. The van der Waals surface area contributed by atoms with Gasteiger partial charge in [0.1, 0.15) is 11.5 Å². The number of amides is 1. The van der Waals surface area contributed by atoms with Gasteiger partial charge in [0.05, 0.1) is 17.7 Å². The Kier molecular flexibility index (Phi) is 4.00. The van der Waals surface area contributed by atoms with Crippen molar-refractivity contribution in [1.29, 1.82) is 0 Å². The Bertz CT molecular complexity index is 615. The summed E-state index contributed by atoms with van der Waals surface area (Å²) in [4.78, 5) is 14.8. The number of aromatic nitrogens is 2. The second kappa shape index (κ2) is 6.04. The summed E-state index contributed by atoms with van der Waals surface area (Å²) in [5.41, 5.74) is 5.85. The Morgan fingerprint density at radius 3 is 2.96 bits per heavy atom. The molecule has 0 radical (unpaired) electrons. The van der Waals surface area contributed by atoms with E-state index in [0.717, 1.165) is 38.2 Å². The maximum absolute atomic E-state index is 12.9. The number of hydrogen-bond donors (Lipinski definition) is 2. The maximum atomic E-state index is 12.9. The van der Waals surface area contributed by atoms with Crippen molar-refractivity contribution in [3.8, 4) is 0 Å². The van der Waals surface area contributed by atoms with Crippen molar-refractivity contribution in [2.45, 2.75) is 56.3 Å². The number of rotatable bonds is 5. The molecular weight excluding hydrogens is 308 g/mol. The number of nitrogens with zero attached hydrogens (tertiary/aromatic N) is 2. The zero-order valence-electron chi connectivity index (χ0n) is 14.2. The number of ether oxygens (including phenoxy) is 2. The average molecular weight is 334 g/mol. The van der Waals surface area contributed by atoms with E-state index in [1.807, 2.05) is 4.90 Å². The summed E-state index contributed by atoms with van der Waals surface area (Å²) in [6.45, 7) is 1.56. The Hall–Kier alpha value is -1.60. The summed E-state index contributed by atoms with van der Waals surface area (Å²) < 4.78 is 12.0. The molecule has 24 heavy (non-hydrogen) atoms. The fourth-order valence-electron chi connectivity index (χ4n) is 4.21. The molecule has 4 rings (SSSR count). The van der Waals surface area contributed by atoms with Crippen LogP contribution in [0.4, 0.5) is 5.82 Å². The molecular formula is C17H26N4O3. The number of aromatic amines is 1. The highest BCUT2D eigenvalue weighted by Gasteiger charge is 2.53. The molecule has 0 aromatic carbocycles. The van der Waals surface area contributed by atoms with E-state index in [9.17, 15) is 4.79 Å². The Morgan fingerprint density at radius 1 is 1.46 bits per heavy atom. The molecule has 1 aromatic rings. The van der Waals surface area contributed by atoms with Gasteiger partial charge < -0.3 is 20.1 Å². The molecule has 1 amide bonds. The first kappa shape index (κ1) is 15.9. The molecule has 132 valence electrons. The van der Waals surface area contributed by atoms with E-state index >= 15 is 0 Å². The lowest BCUT2D eigenvalue weighted by molar-refractivity contribution is -0.0977. The third kappa shape index (κ3) is 2.80. The number of fused-ring (bicyclic) bond motifs is 1. The minimum Gasteiger partial charge on any atom is -0.382 e. The molecule has 1 saturated heterocycles. The maximum Gasteiger partial charge on any atom is 0.272 e. The number of nitrogens with two attached hydrogens (primary N) is 1. The summed E-state index contributed by atoms with van der Waals surface area (Å²) in [7, 11) is 1.76. The normalized spacial score (nSPS) is 32.8. The molecule has 3 N–H and O–H groups in total. The Balaban J connectivity index is 1.49. The molecule has 0 bridgehead atoms. The number of carbonyl (C=O) groups is 1. The lowest BCUT2D eigenvalue weighted by atomic mass is 9.79. The van der Waals surface area contributed by atoms with Gasteiger partial charge in [-0.15, -0.1) is 0 Å². The molecule has 3 fully saturated rings. The predicted molar refractivity (Wildman–Crippen MR) is 88.5 cm³/mol. The van der Waals surface area contributed by atoms with Crippen LogP contribution >= 0.6 is 0 Å². The monoisotopic (exact) mass is 334 g/mol. The average Bonchev–Trinajstić information content (AvgIpc) is 3.20. The van der Waals surface area contributed by atoms with Gasteiger partial charge in [0.2, 0.25) is 0 Å². The SMILES string of the molecule is CO[C@@]12CCC(OCC3CC3)CC1N(C(=O)c1cc(N)n[nH]1)CC2. The van der Waals surface area contributed by atoms with Crippen molar-refractivity contribution >= 4 is 11.7 Å². The van der Waals surface area contributed by atoms with Gasteiger partial charge in [0, 0.05) is 26.3 Å². The molecule has 3 atom stereocenters. The number of nitrogen functional groups attached to an aromatic ring is 1. The van der Waals surface area contributed by atoms with E-state index in [2.05, 4.69) is 10.2 Å². The van der Waals surface area contributed by atoms with Gasteiger partial charge in [-0.2, -0.15) is 5.10 Å². The number of anilines is 1. The van der Waals surface area contributed by atoms with Gasteiger partial charge in [0.25, 0.3) is 5.91 Å². The van der Waals surface area contributed by atoms with Crippen LogP contribution in [-0.2, 0) is 9.47 Å². The van der Waals surface area contributed by atoms with Crippen molar-refractivity contribution in [3.63, 3.8) is 0 Å². The van der Waals surface area contributed by atoms with Crippen molar-refractivity contribution < 1.29 is 14.3 Å². The lowest BCUT2D eigenvalue weighted by Gasteiger charge is -2.43. The van der Waals surface area contributed by atoms with Crippen molar-refractivity contribution in [1.82, 2.24) is 15.1 Å². The smallest absolute Gasteiger partial charge is 0.272 e. The minimum absolute atomic E-state index is 0.0500. The van der Waals surface area contributed by atoms with Crippen LogP contribution in [0, 0.1) is 5.92 Å². The van der Waals surface area contributed by atoms with E-state index in [4.69, 9.17) is 15.2 Å². The first-order valence-electron chi connectivity index (χ1n) is 8.90. The van der Waals surface area contributed by atoms with Crippen LogP contribution in [-0.4, -0.2) is 59.0 Å². The van der Waals surface area contributed by atoms with E-state index < -0.39 is 0 Å². The van der Waals surface area contributed by atoms with E-state index in [-0.39, 0.29) is 23.7 Å². The summed E-state index contributed by atoms with van der Waals surface area (Å²) in [5.74, 6) is 1.05. The molecule has 1 aromatic heterocycles. The second-order valence-corrected chi connectivity index (χ2v) is 7.41. The minimum atomic E-state index is -0.235. The van der Waals surface area contributed by atoms with Crippen LogP contribution in [0.25, 0.3) is 0 Å². The van der Waals surface area contributed by atoms with Gasteiger partial charge in [-0.25, -0.2) is 0 Å². The summed E-state index contributed by atoms with van der Waals surface area (Å²) in [6.07, 6.45) is 6.48. The van der Waals surface area contributed by atoms with E-state index in [1.54, 1.807) is 13.2 Å². The van der Waals surface area contributed by atoms with Crippen LogP contribution in [0.3, 0.4) is 0 Å². The molecule has 2 heterocycles. The highest BCUT2D eigenvalue weighted by molar-refractivity contribution is 5.93. The number of carbonyl (C=O) groups excluding carboxylic acids is 1. The van der Waals surface area contributed by atoms with Gasteiger partial charge in [0.15, 0.2) is 0 Å². The van der Waals surface area contributed by atoms with Crippen molar-refractivity contribution in [3.05, 3.63) is 11.8 Å². The number of nitrogens with one attached hydrogen (secondary N) is 1. The Labute approximate surface area is 141 Å². The molecule has 1 aliphatic heterocycles. The number of hydrogen-bond acceptors (Lipinski definition) is 5. The molecule has 3 aliphatic rings. The second-order valence-electron chi connectivity index (χ2n) is 7.41. The number of methoxy groups -OCH3 is 1. The molecule has 7 heteroatoms. The van der Waals surface area contributed by atoms with Gasteiger partial charge >= 0.3 is 0 Å². The highest BCUT2D eigenvalue weighted by Crippen LogP contribution is 2.44. The van der Waals surface area contributed by atoms with Crippen molar-refractivity contribution in [2.24, 2.45) is 5.92 Å². The fraction of sp³-hybridized carbons (Fsp3) is 0.765. The molecule has 7 nitrogen and oxygen atoms in total. The first-order chi connectivity index (χ1) is 11.6. The highest BCUT2D eigenvalue weighted by atomic mass is 16.5. The van der Waals surface area contributed by atoms with Gasteiger partial charge in [-0.3, -0.25) is 9.89 Å². The summed E-state index contributed by atoms with van der Waals surface area (Å²) >= 11 is 0. The van der Waals surface area contributed by atoms with Crippen LogP contribution < -0.4 is 5.73 Å². The van der Waals surface area contributed by atoms with Gasteiger partial charge in [-0.1, -0.05) is 0 Å². The van der Waals surface area contributed by atoms with E-state index in [1.165, 1.54) is 12.8 Å². The molecule has 2 saturated carbocycles. The zero-order chi connectivity index (χ0) is 16.7. The number of likely N-dealkylation sites (tertiary alicyclic amines) is 1. The van der Waals surface area contributed by atoms with E-state index in [0.29, 0.717) is 18.1 Å². The van der Waals surface area contributed by atoms with Crippen LogP contribution in [0.5, 0.6) is 0 Å². The molecule has 0 spiro atoms. The third-order valence-corrected chi connectivity index (χ3v) is 5.90. The van der Waals surface area contributed by atoms with Crippen LogP contribution in [0.1, 0.15) is 49.0 Å². The van der Waals surface area contributed by atoms with Crippen molar-refractivity contribution in [2.75, 3.05) is 26.0 Å². The number of H-pyrrole nitrogens is 1. The summed E-state index contributed by atoms with van der Waals surface area (Å²) in [6, 6.07) is 1.65. The van der Waals surface area contributed by atoms with Gasteiger partial charge in [-0.05, 0) is 44.4 Å². The lowest BCUT2D eigenvalue weighted by Crippen LogP contribution is -2.53. The first-order valence-corrected chi connectivity index (χ1v) is 8.90. The molecule has 2 unspecified atom stereocenters. The fourth-order valence-corrected chi connectivity index (χ4v) is 4.21. The van der Waals surface area contributed by atoms with Crippen LogP contribution in [0.2, 0.25) is 0 Å². The topological polar surface area (TPSA) is 93.5 Å². The molecule has 2 aliphatic carbocycles. The quantitative estimate of drug-likeness (QED) is 0.852. The van der Waals surface area contributed by atoms with Crippen LogP contribution in [0.15, 0.2) is 6.07 Å². The zero-order valence-corrected chi connectivity index (χ0v) is 14.2. The Morgan fingerprint density at radius 2 is 2.29 bits per heavy atom. The largest absolute Gasteiger partial charge is 0.382 e.